The topological polar surface area (TPSA) is 59.8 Å². The van der Waals surface area contributed by atoms with Crippen molar-refractivity contribution >= 4 is 39.1 Å². The van der Waals surface area contributed by atoms with Crippen LogP contribution in [0.15, 0.2) is 59.6 Å². The summed E-state index contributed by atoms with van der Waals surface area (Å²) >= 11 is 9.42. The Kier molecular flexibility index (Phi) is 4.22. The summed E-state index contributed by atoms with van der Waals surface area (Å²) in [4.78, 5) is 16.4. The average Bonchev–Trinajstić information content (AvgIpc) is 3.04. The molecule has 0 saturated heterocycles. The third-order valence-electron chi connectivity index (χ3n) is 2.99. The largest absolute Gasteiger partial charge is 0.320 e. The second-order valence-corrected chi connectivity index (χ2v) is 5.76. The van der Waals surface area contributed by atoms with Crippen molar-refractivity contribution in [1.82, 2.24) is 14.8 Å². The van der Waals surface area contributed by atoms with Gasteiger partial charge in [0, 0.05) is 4.47 Å². The van der Waals surface area contributed by atoms with Crippen molar-refractivity contribution in [3.63, 3.8) is 0 Å². The molecular formula is C15H10BrClN4O. The Morgan fingerprint density at radius 1 is 1.23 bits per heavy atom. The predicted molar refractivity (Wildman–Crippen MR) is 88.5 cm³/mol. The number of halogens is 2. The van der Waals surface area contributed by atoms with E-state index in [-0.39, 0.29) is 5.91 Å². The van der Waals surface area contributed by atoms with Gasteiger partial charge in [0.25, 0.3) is 5.91 Å². The molecular weight excluding hydrogens is 368 g/mol. The first-order chi connectivity index (χ1) is 10.6. The minimum atomic E-state index is -0.293. The fourth-order valence-corrected chi connectivity index (χ4v) is 2.54. The molecule has 5 nitrogen and oxygen atoms in total. The molecule has 1 amide bonds. The van der Waals surface area contributed by atoms with Crippen LogP contribution in [0, 0.1) is 0 Å². The number of nitrogens with zero attached hydrogens (tertiary/aromatic N) is 3. The normalized spacial score (nSPS) is 10.5. The van der Waals surface area contributed by atoms with Crippen LogP contribution >= 0.6 is 27.5 Å². The monoisotopic (exact) mass is 376 g/mol. The lowest BCUT2D eigenvalue weighted by Gasteiger charge is -2.11. The Labute approximate surface area is 140 Å². The average molecular weight is 378 g/mol. The van der Waals surface area contributed by atoms with Crippen LogP contribution < -0.4 is 5.32 Å². The molecule has 1 N–H and O–H groups in total. The number of carbonyl (C=O) groups excluding carboxylic acids is 1. The summed E-state index contributed by atoms with van der Waals surface area (Å²) in [5.74, 6) is -0.293. The molecule has 0 spiro atoms. The molecule has 1 aromatic heterocycles. The van der Waals surface area contributed by atoms with Gasteiger partial charge in [0.15, 0.2) is 0 Å². The fourth-order valence-electron chi connectivity index (χ4n) is 1.97. The first-order valence-corrected chi connectivity index (χ1v) is 7.52. The zero-order chi connectivity index (χ0) is 15.5. The highest BCUT2D eigenvalue weighted by molar-refractivity contribution is 9.10. The van der Waals surface area contributed by atoms with Crippen LogP contribution in [0.3, 0.4) is 0 Å². The maximum Gasteiger partial charge on any atom is 0.257 e. The lowest BCUT2D eigenvalue weighted by Crippen LogP contribution is -2.14. The number of hydrogen-bond acceptors (Lipinski definition) is 3. The van der Waals surface area contributed by atoms with Crippen molar-refractivity contribution in [2.45, 2.75) is 0 Å². The Hall–Kier alpha value is -2.18. The maximum atomic E-state index is 12.4. The van der Waals surface area contributed by atoms with Crippen LogP contribution in [0.5, 0.6) is 0 Å². The number of hydrogen-bond donors (Lipinski definition) is 1. The van der Waals surface area contributed by atoms with E-state index in [1.165, 1.54) is 6.33 Å². The highest BCUT2D eigenvalue weighted by Gasteiger charge is 2.13. The summed E-state index contributed by atoms with van der Waals surface area (Å²) in [7, 11) is 0. The van der Waals surface area contributed by atoms with Crippen molar-refractivity contribution in [1.29, 1.82) is 0 Å². The zero-order valence-corrected chi connectivity index (χ0v) is 13.5. The number of nitrogens with one attached hydrogen (secondary N) is 1. The Bertz CT molecular complexity index is 820. The van der Waals surface area contributed by atoms with Gasteiger partial charge in [-0.1, -0.05) is 39.7 Å². The van der Waals surface area contributed by atoms with E-state index in [1.807, 2.05) is 18.2 Å². The van der Waals surface area contributed by atoms with E-state index in [0.717, 1.165) is 10.2 Å². The third kappa shape index (κ3) is 3.03. The van der Waals surface area contributed by atoms with Gasteiger partial charge >= 0.3 is 0 Å². The van der Waals surface area contributed by atoms with E-state index in [0.29, 0.717) is 16.3 Å². The Balaban J connectivity index is 1.94. The van der Waals surface area contributed by atoms with Crippen molar-refractivity contribution < 1.29 is 4.79 Å². The van der Waals surface area contributed by atoms with Gasteiger partial charge in [-0.25, -0.2) is 9.67 Å². The number of carbonyl (C=O) groups is 1. The van der Waals surface area contributed by atoms with Gasteiger partial charge in [-0.2, -0.15) is 5.10 Å². The second kappa shape index (κ2) is 6.29. The highest BCUT2D eigenvalue weighted by Crippen LogP contribution is 2.24. The van der Waals surface area contributed by atoms with Gasteiger partial charge in [0.2, 0.25) is 0 Å². The van der Waals surface area contributed by atoms with E-state index in [2.05, 4.69) is 31.3 Å². The molecule has 7 heteroatoms. The molecule has 110 valence electrons. The van der Waals surface area contributed by atoms with E-state index >= 15 is 0 Å². The van der Waals surface area contributed by atoms with Gasteiger partial charge in [-0.3, -0.25) is 4.79 Å². The van der Waals surface area contributed by atoms with Crippen molar-refractivity contribution in [3.8, 4) is 5.69 Å². The fraction of sp³-hybridized carbons (Fsp3) is 0. The number of rotatable bonds is 3. The summed E-state index contributed by atoms with van der Waals surface area (Å²) in [5, 5.41) is 7.32. The minimum absolute atomic E-state index is 0.293. The number of aromatic nitrogens is 3. The summed E-state index contributed by atoms with van der Waals surface area (Å²) in [6, 6.07) is 12.5. The summed E-state index contributed by atoms with van der Waals surface area (Å²) in [5.41, 5.74) is 1.73. The highest BCUT2D eigenvalue weighted by atomic mass is 79.9. The van der Waals surface area contributed by atoms with E-state index in [9.17, 15) is 4.79 Å². The smallest absolute Gasteiger partial charge is 0.257 e. The number of benzene rings is 2. The first kappa shape index (κ1) is 14.7. The van der Waals surface area contributed by atoms with E-state index < -0.39 is 0 Å². The van der Waals surface area contributed by atoms with Crippen molar-refractivity contribution in [2.24, 2.45) is 0 Å². The van der Waals surface area contributed by atoms with Crippen LogP contribution in [-0.4, -0.2) is 20.7 Å². The van der Waals surface area contributed by atoms with Crippen molar-refractivity contribution in [2.75, 3.05) is 5.32 Å². The molecule has 0 radical (unpaired) electrons. The molecule has 0 saturated carbocycles. The molecule has 0 aliphatic rings. The molecule has 0 unspecified atom stereocenters. The number of anilines is 1. The maximum absolute atomic E-state index is 12.4. The van der Waals surface area contributed by atoms with Gasteiger partial charge in [-0.15, -0.1) is 0 Å². The third-order valence-corrected chi connectivity index (χ3v) is 3.81. The molecule has 0 aliphatic heterocycles. The van der Waals surface area contributed by atoms with Gasteiger partial charge in [0.1, 0.15) is 12.7 Å². The number of para-hydroxylation sites is 2. The van der Waals surface area contributed by atoms with E-state index in [4.69, 9.17) is 11.6 Å². The van der Waals surface area contributed by atoms with Crippen LogP contribution in [0.1, 0.15) is 10.4 Å². The molecule has 0 bridgehead atoms. The first-order valence-electron chi connectivity index (χ1n) is 6.35. The lowest BCUT2D eigenvalue weighted by atomic mass is 10.2. The quantitative estimate of drug-likeness (QED) is 0.752. The van der Waals surface area contributed by atoms with Crippen molar-refractivity contribution in [3.05, 3.63) is 70.2 Å². The van der Waals surface area contributed by atoms with Crippen LogP contribution in [0.2, 0.25) is 5.02 Å². The standard InChI is InChI=1S/C15H10BrClN4O/c16-10-5-6-12(17)11(7-10)15(22)20-13-3-1-2-4-14(13)21-9-18-8-19-21/h1-9H,(H,20,22). The second-order valence-electron chi connectivity index (χ2n) is 4.44. The molecule has 22 heavy (non-hydrogen) atoms. The summed E-state index contributed by atoms with van der Waals surface area (Å²) in [6.07, 6.45) is 3.00. The zero-order valence-electron chi connectivity index (χ0n) is 11.2. The van der Waals surface area contributed by atoms with Gasteiger partial charge < -0.3 is 5.32 Å². The van der Waals surface area contributed by atoms with Gasteiger partial charge in [-0.05, 0) is 30.3 Å². The predicted octanol–water partition coefficient (Wildman–Crippen LogP) is 3.94. The minimum Gasteiger partial charge on any atom is -0.320 e. The molecule has 0 aliphatic carbocycles. The molecule has 0 fully saturated rings. The molecule has 2 aromatic carbocycles. The Morgan fingerprint density at radius 2 is 2.05 bits per heavy atom. The van der Waals surface area contributed by atoms with Crippen LogP contribution in [0.25, 0.3) is 5.69 Å². The molecule has 1 heterocycles. The molecule has 0 atom stereocenters. The van der Waals surface area contributed by atoms with Crippen LogP contribution in [-0.2, 0) is 0 Å². The number of amides is 1. The molecule has 3 rings (SSSR count). The lowest BCUT2D eigenvalue weighted by molar-refractivity contribution is 0.102. The molecule has 3 aromatic rings. The van der Waals surface area contributed by atoms with Crippen LogP contribution in [0.4, 0.5) is 5.69 Å². The van der Waals surface area contributed by atoms with E-state index in [1.54, 1.807) is 35.3 Å². The summed E-state index contributed by atoms with van der Waals surface area (Å²) in [6.45, 7) is 0. The SMILES string of the molecule is O=C(Nc1ccccc1-n1cncn1)c1cc(Br)ccc1Cl. The summed E-state index contributed by atoms with van der Waals surface area (Å²) < 4.78 is 2.37. The van der Waals surface area contributed by atoms with Gasteiger partial charge in [0.05, 0.1) is 22.0 Å². The Morgan fingerprint density at radius 3 is 2.82 bits per heavy atom.